The summed E-state index contributed by atoms with van der Waals surface area (Å²) in [6.45, 7) is 3.64. The number of nitrogens with one attached hydrogen (secondary N) is 1. The van der Waals surface area contributed by atoms with Gasteiger partial charge in [0, 0.05) is 6.07 Å². The molecule has 0 aromatic heterocycles. The van der Waals surface area contributed by atoms with Gasteiger partial charge in [0.05, 0.1) is 32.6 Å². The van der Waals surface area contributed by atoms with Gasteiger partial charge in [0.15, 0.2) is 15.8 Å². The zero-order chi connectivity index (χ0) is 30.8. The first-order valence-electron chi connectivity index (χ1n) is 11.9. The molecule has 218 valence electrons. The molecule has 0 radical (unpaired) electrons. The third kappa shape index (κ3) is 6.83. The molecule has 0 bridgehead atoms. The Labute approximate surface area is 251 Å². The summed E-state index contributed by atoms with van der Waals surface area (Å²) in [7, 11) is 0. The van der Waals surface area contributed by atoms with Crippen molar-refractivity contribution >= 4 is 63.5 Å². The Kier molecular flexibility index (Phi) is 9.09. The largest absolute Gasteiger partial charge is 0.490 e. The van der Waals surface area contributed by atoms with Crippen molar-refractivity contribution in [1.82, 2.24) is 10.4 Å². The predicted molar refractivity (Wildman–Crippen MR) is 154 cm³/mol. The van der Waals surface area contributed by atoms with E-state index in [-0.39, 0.29) is 37.9 Å². The molecule has 0 saturated carbocycles. The minimum absolute atomic E-state index is 0.00773. The summed E-state index contributed by atoms with van der Waals surface area (Å²) in [5, 5.41) is 12.6. The molecule has 15 heteroatoms. The Morgan fingerprint density at radius 3 is 2.50 bits per heavy atom. The first kappa shape index (κ1) is 30.8. The van der Waals surface area contributed by atoms with Crippen LogP contribution >= 0.6 is 35.6 Å². The highest BCUT2D eigenvalue weighted by Gasteiger charge is 2.35. The van der Waals surface area contributed by atoms with E-state index in [1.54, 1.807) is 19.1 Å². The quantitative estimate of drug-likeness (QED) is 0.118. The number of aryl methyl sites for hydroxylation is 1. The Bertz CT molecular complexity index is 1650. The maximum atomic E-state index is 13.1. The number of carbonyl (C=O) groups excluding carboxylic acids is 2. The van der Waals surface area contributed by atoms with Crippen LogP contribution in [0.2, 0.25) is 5.02 Å². The number of thiocarbonyl (C=S) groups is 1. The Morgan fingerprint density at radius 1 is 1.14 bits per heavy atom. The van der Waals surface area contributed by atoms with E-state index in [0.717, 1.165) is 28.4 Å². The molecule has 0 unspecified atom stereocenters. The Morgan fingerprint density at radius 2 is 1.86 bits per heavy atom. The van der Waals surface area contributed by atoms with E-state index < -0.39 is 39.9 Å². The number of hydrazine groups is 1. The van der Waals surface area contributed by atoms with Gasteiger partial charge in [-0.05, 0) is 79.7 Å². The highest BCUT2D eigenvalue weighted by Crippen LogP contribution is 2.41. The average molecular weight is 638 g/mol. The van der Waals surface area contributed by atoms with Crippen molar-refractivity contribution in [3.63, 3.8) is 0 Å². The van der Waals surface area contributed by atoms with Crippen molar-refractivity contribution in [3.05, 3.63) is 96.9 Å². The van der Waals surface area contributed by atoms with Crippen molar-refractivity contribution in [2.45, 2.75) is 20.0 Å². The summed E-state index contributed by atoms with van der Waals surface area (Å²) in [6.07, 6.45) is -3.30. The van der Waals surface area contributed by atoms with Crippen molar-refractivity contribution in [2.75, 3.05) is 6.61 Å². The van der Waals surface area contributed by atoms with E-state index in [0.29, 0.717) is 17.7 Å². The second-order valence-corrected chi connectivity index (χ2v) is 10.7. The second-order valence-electron chi connectivity index (χ2n) is 8.62. The molecular formula is C27H19ClF3N3O6S2. The minimum Gasteiger partial charge on any atom is -0.490 e. The number of nitro benzene ring substituents is 1. The van der Waals surface area contributed by atoms with Gasteiger partial charge in [-0.3, -0.25) is 25.1 Å². The SMILES string of the molecule is CCOc1cc(/C=C2/SC(=S)N(NC(=O)c3ccc(C)cc3Cl)C2=O)ccc1Oc1ccc(C(F)(F)F)cc1[N+](=O)[O-]. The minimum atomic E-state index is -4.78. The molecule has 0 spiro atoms. The van der Waals surface area contributed by atoms with Gasteiger partial charge in [0.2, 0.25) is 5.75 Å². The van der Waals surface area contributed by atoms with Gasteiger partial charge in [0.1, 0.15) is 0 Å². The fraction of sp³-hybridized carbons (Fsp3) is 0.148. The van der Waals surface area contributed by atoms with Gasteiger partial charge in [0.25, 0.3) is 11.8 Å². The van der Waals surface area contributed by atoms with E-state index in [4.69, 9.17) is 33.3 Å². The molecule has 1 fully saturated rings. The number of nitrogens with zero attached hydrogens (tertiary/aromatic N) is 2. The van der Waals surface area contributed by atoms with Gasteiger partial charge < -0.3 is 9.47 Å². The Hall–Kier alpha value is -4.14. The number of hydrogen-bond acceptors (Lipinski definition) is 8. The number of alkyl halides is 3. The van der Waals surface area contributed by atoms with E-state index in [1.165, 1.54) is 30.3 Å². The van der Waals surface area contributed by atoms with Gasteiger partial charge in [-0.25, -0.2) is 0 Å². The number of ether oxygens (including phenoxy) is 2. The zero-order valence-electron chi connectivity index (χ0n) is 21.7. The van der Waals surface area contributed by atoms with E-state index in [1.807, 2.05) is 6.92 Å². The maximum absolute atomic E-state index is 13.1. The molecule has 1 saturated heterocycles. The van der Waals surface area contributed by atoms with Crippen LogP contribution in [0.4, 0.5) is 18.9 Å². The van der Waals surface area contributed by atoms with Crippen molar-refractivity contribution in [3.8, 4) is 17.2 Å². The van der Waals surface area contributed by atoms with Crippen LogP contribution in [-0.2, 0) is 11.0 Å². The molecule has 4 rings (SSSR count). The molecule has 1 aliphatic rings. The highest BCUT2D eigenvalue weighted by atomic mass is 35.5. The monoisotopic (exact) mass is 637 g/mol. The summed E-state index contributed by atoms with van der Waals surface area (Å²) in [6, 6.07) is 11.1. The predicted octanol–water partition coefficient (Wildman–Crippen LogP) is 7.31. The summed E-state index contributed by atoms with van der Waals surface area (Å²) < 4.78 is 50.4. The van der Waals surface area contributed by atoms with Gasteiger partial charge in [-0.15, -0.1) is 0 Å². The standard InChI is InChI=1S/C27H19ClF3N3O6S2/c1-3-39-22-11-15(5-8-21(22)40-20-9-6-16(27(29,30)31)13-19(20)34(37)38)12-23-25(36)33(26(41)42-23)32-24(35)17-7-4-14(2)10-18(17)28/h4-13H,3H2,1-2H3,(H,32,35)/b23-12+. The molecule has 1 aliphatic heterocycles. The van der Waals surface area contributed by atoms with E-state index in [9.17, 15) is 32.9 Å². The lowest BCUT2D eigenvalue weighted by Crippen LogP contribution is -2.44. The zero-order valence-corrected chi connectivity index (χ0v) is 24.0. The lowest BCUT2D eigenvalue weighted by molar-refractivity contribution is -0.385. The smallest absolute Gasteiger partial charge is 0.416 e. The molecule has 2 amide bonds. The van der Waals surface area contributed by atoms with Crippen LogP contribution in [0.1, 0.15) is 34.0 Å². The third-order valence-corrected chi connectivity index (χ3v) is 7.26. The average Bonchev–Trinajstić information content (AvgIpc) is 3.16. The number of halogens is 4. The van der Waals surface area contributed by atoms with Crippen LogP contribution in [0.5, 0.6) is 17.2 Å². The number of amides is 2. The third-order valence-electron chi connectivity index (χ3n) is 5.64. The van der Waals surface area contributed by atoms with E-state index >= 15 is 0 Å². The fourth-order valence-corrected chi connectivity index (χ4v) is 5.19. The maximum Gasteiger partial charge on any atom is 0.416 e. The summed E-state index contributed by atoms with van der Waals surface area (Å²) in [4.78, 5) is 36.4. The molecule has 9 nitrogen and oxygen atoms in total. The molecule has 42 heavy (non-hydrogen) atoms. The summed E-state index contributed by atoms with van der Waals surface area (Å²) in [5.41, 5.74) is 1.83. The number of nitro groups is 1. The molecule has 0 atom stereocenters. The first-order chi connectivity index (χ1) is 19.8. The molecule has 1 N–H and O–H groups in total. The first-order valence-corrected chi connectivity index (χ1v) is 13.5. The van der Waals surface area contributed by atoms with Crippen LogP contribution in [-0.4, -0.2) is 32.7 Å². The normalized spacial score (nSPS) is 14.3. The van der Waals surface area contributed by atoms with Crippen LogP contribution in [0, 0.1) is 17.0 Å². The van der Waals surface area contributed by atoms with Gasteiger partial charge in [-0.2, -0.15) is 18.2 Å². The topological polar surface area (TPSA) is 111 Å². The second kappa shape index (κ2) is 12.4. The molecule has 1 heterocycles. The number of thioether (sulfide) groups is 1. The van der Waals surface area contributed by atoms with Crippen LogP contribution in [0.15, 0.2) is 59.5 Å². The molecule has 3 aromatic carbocycles. The molecule has 0 aliphatic carbocycles. The van der Waals surface area contributed by atoms with Gasteiger partial charge >= 0.3 is 11.9 Å². The highest BCUT2D eigenvalue weighted by molar-refractivity contribution is 8.26. The van der Waals surface area contributed by atoms with Crippen LogP contribution in [0.25, 0.3) is 6.08 Å². The van der Waals surface area contributed by atoms with Crippen LogP contribution in [0.3, 0.4) is 0 Å². The van der Waals surface area contributed by atoms with Crippen molar-refractivity contribution in [1.29, 1.82) is 0 Å². The number of rotatable bonds is 8. The lowest BCUT2D eigenvalue weighted by atomic mass is 10.1. The number of carbonyl (C=O) groups is 2. The van der Waals surface area contributed by atoms with E-state index in [2.05, 4.69) is 5.43 Å². The Balaban J connectivity index is 1.58. The van der Waals surface area contributed by atoms with Crippen LogP contribution < -0.4 is 14.9 Å². The van der Waals surface area contributed by atoms with Gasteiger partial charge in [-0.1, -0.05) is 35.5 Å². The van der Waals surface area contributed by atoms with Crippen molar-refractivity contribution < 1.29 is 37.2 Å². The summed E-state index contributed by atoms with van der Waals surface area (Å²) in [5.74, 6) is -1.55. The fourth-order valence-electron chi connectivity index (χ4n) is 3.69. The van der Waals surface area contributed by atoms with Crippen molar-refractivity contribution in [2.24, 2.45) is 0 Å². The lowest BCUT2D eigenvalue weighted by Gasteiger charge is -2.16. The number of hydrogen-bond donors (Lipinski definition) is 1. The molecular weight excluding hydrogens is 619 g/mol. The molecule has 3 aromatic rings. The summed E-state index contributed by atoms with van der Waals surface area (Å²) >= 11 is 12.4. The number of benzene rings is 3.